The van der Waals surface area contributed by atoms with Crippen LogP contribution in [0.4, 0.5) is 10.1 Å². The molecule has 1 aromatic heterocycles. The smallest absolute Gasteiger partial charge is 0.255 e. The second kappa shape index (κ2) is 5.61. The van der Waals surface area contributed by atoms with Gasteiger partial charge in [0, 0.05) is 21.6 Å². The van der Waals surface area contributed by atoms with Gasteiger partial charge in [-0.15, -0.1) is 0 Å². The molecule has 0 unspecified atom stereocenters. The Hall–Kier alpha value is -2.27. The van der Waals surface area contributed by atoms with Gasteiger partial charge in [0.15, 0.2) is 0 Å². The Morgan fingerprint density at radius 1 is 1.10 bits per heavy atom. The van der Waals surface area contributed by atoms with Gasteiger partial charge in [-0.2, -0.15) is 0 Å². The minimum atomic E-state index is -0.361. The van der Waals surface area contributed by atoms with Crippen molar-refractivity contribution in [2.24, 2.45) is 0 Å². The molecular weight excluding hydrogens is 335 g/mol. The Morgan fingerprint density at radius 3 is 2.62 bits per heavy atom. The van der Waals surface area contributed by atoms with Crippen LogP contribution < -0.4 is 5.32 Å². The molecule has 0 saturated heterocycles. The summed E-state index contributed by atoms with van der Waals surface area (Å²) in [5.41, 5.74) is 1.44. The Balaban J connectivity index is 1.97. The van der Waals surface area contributed by atoms with Crippen molar-refractivity contribution in [2.75, 3.05) is 5.32 Å². The molecule has 1 N–H and O–H groups in total. The summed E-state index contributed by atoms with van der Waals surface area (Å²) in [6.07, 6.45) is 1.57. The van der Waals surface area contributed by atoms with Crippen molar-refractivity contribution in [1.29, 1.82) is 0 Å². The average Bonchev–Trinajstić information content (AvgIpc) is 2.51. The fourth-order valence-electron chi connectivity index (χ4n) is 2.03. The lowest BCUT2D eigenvalue weighted by molar-refractivity contribution is 0.102. The number of carbonyl (C=O) groups excluding carboxylic acids is 1. The van der Waals surface area contributed by atoms with Crippen molar-refractivity contribution in [1.82, 2.24) is 4.98 Å². The second-order valence-corrected chi connectivity index (χ2v) is 5.37. The highest BCUT2D eigenvalue weighted by atomic mass is 79.9. The Labute approximate surface area is 128 Å². The molecule has 0 saturated carbocycles. The maximum absolute atomic E-state index is 13.7. The fraction of sp³-hybridized carbons (Fsp3) is 0. The van der Waals surface area contributed by atoms with Crippen LogP contribution in [0.25, 0.3) is 10.9 Å². The lowest BCUT2D eigenvalue weighted by Crippen LogP contribution is -2.12. The molecule has 1 amide bonds. The van der Waals surface area contributed by atoms with Crippen LogP contribution in [0.15, 0.2) is 59.2 Å². The summed E-state index contributed by atoms with van der Waals surface area (Å²) in [6.45, 7) is 0. The monoisotopic (exact) mass is 344 g/mol. The molecule has 0 bridgehead atoms. The summed E-state index contributed by atoms with van der Waals surface area (Å²) in [4.78, 5) is 16.3. The summed E-state index contributed by atoms with van der Waals surface area (Å²) in [7, 11) is 0. The molecule has 0 aliphatic rings. The van der Waals surface area contributed by atoms with Gasteiger partial charge in [-0.05, 0) is 48.5 Å². The number of halogens is 2. The van der Waals surface area contributed by atoms with Crippen LogP contribution in [0.3, 0.4) is 0 Å². The minimum absolute atomic E-state index is 0.263. The third-order valence-electron chi connectivity index (χ3n) is 3.07. The number of aromatic nitrogens is 1. The minimum Gasteiger partial charge on any atom is -0.320 e. The van der Waals surface area contributed by atoms with E-state index in [1.165, 1.54) is 12.1 Å². The summed E-state index contributed by atoms with van der Waals surface area (Å²) in [5, 5.41) is 3.15. The predicted octanol–water partition coefficient (Wildman–Crippen LogP) is 4.39. The van der Waals surface area contributed by atoms with Gasteiger partial charge in [0.25, 0.3) is 5.91 Å². The lowest BCUT2D eigenvalue weighted by Gasteiger charge is -2.08. The molecule has 0 fully saturated rings. The number of nitrogens with zero attached hydrogens (tertiary/aromatic N) is 1. The lowest BCUT2D eigenvalue weighted by atomic mass is 10.1. The number of hydrogen-bond acceptors (Lipinski definition) is 2. The topological polar surface area (TPSA) is 42.0 Å². The van der Waals surface area contributed by atoms with E-state index in [1.54, 1.807) is 42.6 Å². The Bertz CT molecular complexity index is 818. The van der Waals surface area contributed by atoms with Gasteiger partial charge in [0.05, 0.1) is 11.2 Å². The van der Waals surface area contributed by atoms with Gasteiger partial charge in [-0.1, -0.05) is 15.9 Å². The van der Waals surface area contributed by atoms with Gasteiger partial charge in [-0.25, -0.2) is 4.39 Å². The standard InChI is InChI=1S/C16H10BrFN2O/c17-11-5-3-10(4-6-11)16(21)20-14-8-7-13(18)12-2-1-9-19-15(12)14/h1-9H,(H,20,21). The highest BCUT2D eigenvalue weighted by molar-refractivity contribution is 9.10. The molecule has 2 aromatic carbocycles. The van der Waals surface area contributed by atoms with E-state index in [0.717, 1.165) is 4.47 Å². The van der Waals surface area contributed by atoms with Gasteiger partial charge in [0.2, 0.25) is 0 Å². The molecule has 0 aliphatic heterocycles. The van der Waals surface area contributed by atoms with Gasteiger partial charge >= 0.3 is 0 Å². The van der Waals surface area contributed by atoms with Crippen molar-refractivity contribution in [3.05, 3.63) is 70.6 Å². The molecule has 3 nitrogen and oxygen atoms in total. The Kier molecular flexibility index (Phi) is 3.66. The van der Waals surface area contributed by atoms with Crippen LogP contribution in [0.1, 0.15) is 10.4 Å². The van der Waals surface area contributed by atoms with Crippen LogP contribution in [-0.4, -0.2) is 10.9 Å². The van der Waals surface area contributed by atoms with E-state index in [1.807, 2.05) is 0 Å². The second-order valence-electron chi connectivity index (χ2n) is 4.46. The third-order valence-corrected chi connectivity index (χ3v) is 3.60. The van der Waals surface area contributed by atoms with Gasteiger partial charge < -0.3 is 5.32 Å². The van der Waals surface area contributed by atoms with Gasteiger partial charge in [-0.3, -0.25) is 9.78 Å². The molecule has 1 heterocycles. The first kappa shape index (κ1) is 13.7. The van der Waals surface area contributed by atoms with Crippen molar-refractivity contribution in [2.45, 2.75) is 0 Å². The van der Waals surface area contributed by atoms with E-state index in [9.17, 15) is 9.18 Å². The average molecular weight is 345 g/mol. The van der Waals surface area contributed by atoms with Gasteiger partial charge in [0.1, 0.15) is 5.82 Å². The Morgan fingerprint density at radius 2 is 1.86 bits per heavy atom. The van der Waals surface area contributed by atoms with Crippen molar-refractivity contribution < 1.29 is 9.18 Å². The maximum Gasteiger partial charge on any atom is 0.255 e. The molecule has 21 heavy (non-hydrogen) atoms. The number of fused-ring (bicyclic) bond motifs is 1. The maximum atomic E-state index is 13.7. The first-order chi connectivity index (χ1) is 10.1. The SMILES string of the molecule is O=C(Nc1ccc(F)c2cccnc12)c1ccc(Br)cc1. The van der Waals surface area contributed by atoms with E-state index in [-0.39, 0.29) is 11.7 Å². The highest BCUT2D eigenvalue weighted by Crippen LogP contribution is 2.24. The molecule has 3 rings (SSSR count). The van der Waals surface area contributed by atoms with Crippen molar-refractivity contribution in [3.63, 3.8) is 0 Å². The summed E-state index contributed by atoms with van der Waals surface area (Å²) < 4.78 is 14.6. The molecular formula is C16H10BrFN2O. The zero-order valence-corrected chi connectivity index (χ0v) is 12.4. The van der Waals surface area contributed by atoms with E-state index in [2.05, 4.69) is 26.2 Å². The van der Waals surface area contributed by atoms with E-state index >= 15 is 0 Å². The predicted molar refractivity (Wildman–Crippen MR) is 83.8 cm³/mol. The van der Waals surface area contributed by atoms with Crippen LogP contribution >= 0.6 is 15.9 Å². The zero-order valence-electron chi connectivity index (χ0n) is 10.8. The fourth-order valence-corrected chi connectivity index (χ4v) is 2.30. The van der Waals surface area contributed by atoms with Crippen molar-refractivity contribution >= 4 is 38.4 Å². The number of carbonyl (C=O) groups is 1. The summed E-state index contributed by atoms with van der Waals surface area (Å²) >= 11 is 3.32. The molecule has 0 atom stereocenters. The molecule has 0 spiro atoms. The van der Waals surface area contributed by atoms with E-state index in [4.69, 9.17) is 0 Å². The van der Waals surface area contributed by atoms with Crippen molar-refractivity contribution in [3.8, 4) is 0 Å². The number of hydrogen-bond donors (Lipinski definition) is 1. The first-order valence-electron chi connectivity index (χ1n) is 6.25. The van der Waals surface area contributed by atoms with E-state index in [0.29, 0.717) is 22.2 Å². The summed E-state index contributed by atoms with van der Waals surface area (Å²) in [6, 6.07) is 13.1. The highest BCUT2D eigenvalue weighted by Gasteiger charge is 2.11. The van der Waals surface area contributed by atoms with Crippen LogP contribution in [0, 0.1) is 5.82 Å². The number of benzene rings is 2. The number of pyridine rings is 1. The number of amides is 1. The molecule has 0 radical (unpaired) electrons. The molecule has 104 valence electrons. The zero-order chi connectivity index (χ0) is 14.8. The molecule has 3 aromatic rings. The van der Waals surface area contributed by atoms with E-state index < -0.39 is 0 Å². The number of nitrogens with one attached hydrogen (secondary N) is 1. The number of anilines is 1. The molecule has 5 heteroatoms. The normalized spacial score (nSPS) is 10.6. The third kappa shape index (κ3) is 2.78. The number of rotatable bonds is 2. The van der Waals surface area contributed by atoms with Crippen LogP contribution in [0.2, 0.25) is 0 Å². The largest absolute Gasteiger partial charge is 0.320 e. The van der Waals surface area contributed by atoms with Crippen LogP contribution in [0.5, 0.6) is 0 Å². The molecule has 0 aliphatic carbocycles. The quantitative estimate of drug-likeness (QED) is 0.749. The first-order valence-corrected chi connectivity index (χ1v) is 7.04. The summed E-state index contributed by atoms with van der Waals surface area (Å²) in [5.74, 6) is -0.624. The van der Waals surface area contributed by atoms with Crippen LogP contribution in [-0.2, 0) is 0 Å².